The molecule has 0 saturated heterocycles. The van der Waals surface area contributed by atoms with Crippen LogP contribution in [0.4, 0.5) is 10.1 Å². The number of halogens is 2. The van der Waals surface area contributed by atoms with Crippen LogP contribution in [0.2, 0.25) is 0 Å². The van der Waals surface area contributed by atoms with Gasteiger partial charge in [0.15, 0.2) is 5.82 Å². The van der Waals surface area contributed by atoms with Gasteiger partial charge in [-0.1, -0.05) is 0 Å². The molecule has 1 aromatic rings. The highest BCUT2D eigenvalue weighted by atomic mass is 79.9. The predicted molar refractivity (Wildman–Crippen MR) is 57.6 cm³/mol. The van der Waals surface area contributed by atoms with E-state index in [0.29, 0.717) is 10.2 Å². The molecule has 0 heterocycles. The molecule has 0 radical (unpaired) electrons. The first-order valence-corrected chi connectivity index (χ1v) is 5.07. The van der Waals surface area contributed by atoms with Crippen molar-refractivity contribution in [2.24, 2.45) is 4.99 Å². The van der Waals surface area contributed by atoms with E-state index in [0.717, 1.165) is 0 Å². The SMILES string of the molecule is CC(C)Oc1cc(N=C=O)c(F)cc1Br. The molecule has 15 heavy (non-hydrogen) atoms. The first-order valence-electron chi connectivity index (χ1n) is 4.28. The van der Waals surface area contributed by atoms with Crippen molar-refractivity contribution in [2.75, 3.05) is 0 Å². The fourth-order valence-corrected chi connectivity index (χ4v) is 1.41. The largest absolute Gasteiger partial charge is 0.490 e. The van der Waals surface area contributed by atoms with Gasteiger partial charge in [-0.15, -0.1) is 0 Å². The quantitative estimate of drug-likeness (QED) is 0.626. The van der Waals surface area contributed by atoms with Crippen molar-refractivity contribution in [1.29, 1.82) is 0 Å². The number of isocyanates is 1. The molecule has 0 amide bonds. The van der Waals surface area contributed by atoms with Gasteiger partial charge in [0, 0.05) is 6.07 Å². The Morgan fingerprint density at radius 1 is 1.53 bits per heavy atom. The summed E-state index contributed by atoms with van der Waals surface area (Å²) in [6, 6.07) is 2.55. The van der Waals surface area contributed by atoms with Gasteiger partial charge in [0.05, 0.1) is 10.6 Å². The van der Waals surface area contributed by atoms with Gasteiger partial charge in [0.1, 0.15) is 11.4 Å². The smallest absolute Gasteiger partial charge is 0.240 e. The molecule has 0 aromatic heterocycles. The van der Waals surface area contributed by atoms with Crippen molar-refractivity contribution < 1.29 is 13.9 Å². The molecule has 3 nitrogen and oxygen atoms in total. The Hall–Kier alpha value is -1.19. The number of carbonyl (C=O) groups excluding carboxylic acids is 1. The second-order valence-corrected chi connectivity index (χ2v) is 3.96. The summed E-state index contributed by atoms with van der Waals surface area (Å²) in [6.45, 7) is 3.69. The summed E-state index contributed by atoms with van der Waals surface area (Å²) in [7, 11) is 0. The molecule has 0 bridgehead atoms. The highest BCUT2D eigenvalue weighted by Gasteiger charge is 2.09. The number of nitrogens with zero attached hydrogens (tertiary/aromatic N) is 1. The zero-order valence-corrected chi connectivity index (χ0v) is 9.84. The van der Waals surface area contributed by atoms with Gasteiger partial charge in [0.2, 0.25) is 6.08 Å². The normalized spacial score (nSPS) is 9.93. The Kier molecular flexibility index (Phi) is 4.00. The maximum absolute atomic E-state index is 13.2. The van der Waals surface area contributed by atoms with E-state index in [2.05, 4.69) is 20.9 Å². The van der Waals surface area contributed by atoms with Gasteiger partial charge < -0.3 is 4.74 Å². The van der Waals surface area contributed by atoms with Crippen LogP contribution in [0.15, 0.2) is 21.6 Å². The zero-order valence-electron chi connectivity index (χ0n) is 8.25. The number of aliphatic imine (C=N–C) groups is 1. The van der Waals surface area contributed by atoms with E-state index in [-0.39, 0.29) is 11.8 Å². The molecule has 0 N–H and O–H groups in total. The number of benzene rings is 1. The van der Waals surface area contributed by atoms with Crippen LogP contribution < -0.4 is 4.74 Å². The summed E-state index contributed by atoms with van der Waals surface area (Å²) in [5, 5.41) is 0. The van der Waals surface area contributed by atoms with Crippen LogP contribution in [0.25, 0.3) is 0 Å². The Balaban J connectivity index is 3.16. The molecule has 80 valence electrons. The molecule has 0 unspecified atom stereocenters. The molecule has 0 saturated carbocycles. The van der Waals surface area contributed by atoms with Crippen LogP contribution in [-0.2, 0) is 4.79 Å². The molecule has 0 atom stereocenters. The van der Waals surface area contributed by atoms with Crippen LogP contribution in [0.1, 0.15) is 13.8 Å². The third kappa shape index (κ3) is 3.15. The van der Waals surface area contributed by atoms with E-state index < -0.39 is 5.82 Å². The van der Waals surface area contributed by atoms with Crippen LogP contribution in [-0.4, -0.2) is 12.2 Å². The summed E-state index contributed by atoms with van der Waals surface area (Å²) in [4.78, 5) is 13.3. The maximum Gasteiger partial charge on any atom is 0.240 e. The molecule has 1 aromatic carbocycles. The summed E-state index contributed by atoms with van der Waals surface area (Å²) in [6.07, 6.45) is 1.25. The van der Waals surface area contributed by atoms with Crippen molar-refractivity contribution in [3.05, 3.63) is 22.4 Å². The lowest BCUT2D eigenvalue weighted by Gasteiger charge is -2.11. The zero-order chi connectivity index (χ0) is 11.4. The topological polar surface area (TPSA) is 38.7 Å². The van der Waals surface area contributed by atoms with E-state index >= 15 is 0 Å². The van der Waals surface area contributed by atoms with E-state index in [9.17, 15) is 9.18 Å². The van der Waals surface area contributed by atoms with Crippen molar-refractivity contribution in [1.82, 2.24) is 0 Å². The molecule has 0 spiro atoms. The summed E-state index contributed by atoms with van der Waals surface area (Å²) >= 11 is 3.16. The number of ether oxygens (including phenoxy) is 1. The second-order valence-electron chi connectivity index (χ2n) is 3.10. The first kappa shape index (κ1) is 11.9. The Morgan fingerprint density at radius 3 is 2.73 bits per heavy atom. The average molecular weight is 274 g/mol. The van der Waals surface area contributed by atoms with Crippen molar-refractivity contribution in [3.63, 3.8) is 0 Å². The molecular weight excluding hydrogens is 265 g/mol. The lowest BCUT2D eigenvalue weighted by atomic mass is 10.3. The van der Waals surface area contributed by atoms with Gasteiger partial charge in [-0.3, -0.25) is 0 Å². The van der Waals surface area contributed by atoms with Crippen molar-refractivity contribution in [2.45, 2.75) is 20.0 Å². The van der Waals surface area contributed by atoms with Crippen LogP contribution in [0.5, 0.6) is 5.75 Å². The fourth-order valence-electron chi connectivity index (χ4n) is 0.997. The standard InChI is InChI=1S/C10H9BrFNO2/c1-6(2)15-10-4-9(13-5-14)8(12)3-7(10)11/h3-4,6H,1-2H3. The van der Waals surface area contributed by atoms with Gasteiger partial charge >= 0.3 is 0 Å². The molecule has 0 fully saturated rings. The minimum Gasteiger partial charge on any atom is -0.490 e. The molecule has 0 aliphatic rings. The Bertz CT molecular complexity index is 414. The number of hydrogen-bond donors (Lipinski definition) is 0. The summed E-state index contributed by atoms with van der Waals surface area (Å²) < 4.78 is 19.1. The number of rotatable bonds is 3. The molecule has 5 heteroatoms. The first-order chi connectivity index (χ1) is 7.04. The van der Waals surface area contributed by atoms with E-state index in [1.54, 1.807) is 0 Å². The second kappa shape index (κ2) is 5.05. The van der Waals surface area contributed by atoms with Gasteiger partial charge in [0.25, 0.3) is 0 Å². The monoisotopic (exact) mass is 273 g/mol. The third-order valence-corrected chi connectivity index (χ3v) is 2.15. The van der Waals surface area contributed by atoms with Crippen LogP contribution >= 0.6 is 15.9 Å². The maximum atomic E-state index is 13.2. The molecule has 1 rings (SSSR count). The highest BCUT2D eigenvalue weighted by Crippen LogP contribution is 2.32. The fraction of sp³-hybridized carbons (Fsp3) is 0.300. The van der Waals surface area contributed by atoms with Crippen molar-refractivity contribution >= 4 is 27.7 Å². The third-order valence-electron chi connectivity index (χ3n) is 1.53. The van der Waals surface area contributed by atoms with Gasteiger partial charge in [-0.05, 0) is 35.8 Å². The lowest BCUT2D eigenvalue weighted by Crippen LogP contribution is -2.06. The van der Waals surface area contributed by atoms with E-state index in [1.165, 1.54) is 18.2 Å². The van der Waals surface area contributed by atoms with Gasteiger partial charge in [-0.2, -0.15) is 4.99 Å². The number of hydrogen-bond acceptors (Lipinski definition) is 3. The minimum atomic E-state index is -0.596. The minimum absolute atomic E-state index is 0.0418. The van der Waals surface area contributed by atoms with Crippen molar-refractivity contribution in [3.8, 4) is 5.75 Å². The molecule has 0 aliphatic carbocycles. The van der Waals surface area contributed by atoms with E-state index in [4.69, 9.17) is 4.74 Å². The summed E-state index contributed by atoms with van der Waals surface area (Å²) in [5.41, 5.74) is -0.0798. The van der Waals surface area contributed by atoms with Crippen LogP contribution in [0.3, 0.4) is 0 Å². The highest BCUT2D eigenvalue weighted by molar-refractivity contribution is 9.10. The average Bonchev–Trinajstić information content (AvgIpc) is 2.12. The Labute approximate surface area is 95.1 Å². The Morgan fingerprint density at radius 2 is 2.20 bits per heavy atom. The van der Waals surface area contributed by atoms with Crippen LogP contribution in [0, 0.1) is 5.82 Å². The predicted octanol–water partition coefficient (Wildman–Crippen LogP) is 3.34. The molecular formula is C10H9BrFNO2. The lowest BCUT2D eigenvalue weighted by molar-refractivity contribution is 0.240. The molecule has 0 aliphatic heterocycles. The van der Waals surface area contributed by atoms with E-state index in [1.807, 2.05) is 13.8 Å². The summed E-state index contributed by atoms with van der Waals surface area (Å²) in [5.74, 6) is -0.151. The van der Waals surface area contributed by atoms with Gasteiger partial charge in [-0.25, -0.2) is 9.18 Å².